The minimum Gasteiger partial charge on any atom is -0.386 e. The molecule has 0 saturated carbocycles. The zero-order valence-electron chi connectivity index (χ0n) is 20.1. The number of rotatable bonds is 12. The summed E-state index contributed by atoms with van der Waals surface area (Å²) in [6, 6.07) is 18.9. The average Bonchev–Trinajstić information content (AvgIpc) is 3.51. The zero-order chi connectivity index (χ0) is 24.7. The second-order valence-electron chi connectivity index (χ2n) is 9.38. The molecule has 3 atom stereocenters. The van der Waals surface area contributed by atoms with Crippen molar-refractivity contribution in [3.63, 3.8) is 0 Å². The summed E-state index contributed by atoms with van der Waals surface area (Å²) in [4.78, 5) is 25.8. The van der Waals surface area contributed by atoms with Gasteiger partial charge in [-0.1, -0.05) is 93.7 Å². The van der Waals surface area contributed by atoms with Gasteiger partial charge in [-0.25, -0.2) is 0 Å². The Morgan fingerprint density at radius 1 is 1.00 bits per heavy atom. The van der Waals surface area contributed by atoms with Crippen molar-refractivity contribution in [1.29, 1.82) is 0 Å². The number of aliphatic hydroxyl groups excluding tert-OH is 1. The molecular formula is C28H34N2O3S. The number of benzene rings is 2. The van der Waals surface area contributed by atoms with E-state index in [-0.39, 0.29) is 23.2 Å². The first-order valence-electron chi connectivity index (χ1n) is 11.9. The Labute approximate surface area is 207 Å². The molecule has 0 aliphatic rings. The quantitative estimate of drug-likeness (QED) is 0.338. The van der Waals surface area contributed by atoms with Crippen molar-refractivity contribution < 1.29 is 9.90 Å². The van der Waals surface area contributed by atoms with Gasteiger partial charge < -0.3 is 15.7 Å². The number of aliphatic hydroxyl groups is 1. The van der Waals surface area contributed by atoms with Gasteiger partial charge in [0.05, 0.1) is 11.0 Å². The maximum atomic E-state index is 12.7. The number of carbonyl (C=O) groups is 1. The van der Waals surface area contributed by atoms with Gasteiger partial charge in [-0.3, -0.25) is 9.59 Å². The highest BCUT2D eigenvalue weighted by atomic mass is 32.1. The summed E-state index contributed by atoms with van der Waals surface area (Å²) < 4.78 is 0. The van der Waals surface area contributed by atoms with Gasteiger partial charge in [0, 0.05) is 30.5 Å². The van der Waals surface area contributed by atoms with E-state index in [4.69, 9.17) is 12.2 Å². The lowest BCUT2D eigenvalue weighted by molar-refractivity contribution is -0.123. The molecule has 0 aliphatic carbocycles. The van der Waals surface area contributed by atoms with Crippen LogP contribution in [-0.2, 0) is 11.2 Å². The van der Waals surface area contributed by atoms with Crippen LogP contribution in [0.25, 0.3) is 11.1 Å². The van der Waals surface area contributed by atoms with Gasteiger partial charge in [0.2, 0.25) is 5.91 Å². The van der Waals surface area contributed by atoms with Gasteiger partial charge >= 0.3 is 0 Å². The molecule has 3 aromatic carbocycles. The van der Waals surface area contributed by atoms with E-state index in [1.165, 1.54) is 5.56 Å². The van der Waals surface area contributed by atoms with E-state index in [1.54, 1.807) is 0 Å². The summed E-state index contributed by atoms with van der Waals surface area (Å²) in [5.74, 6) is 0.122. The standard InChI is InChI=1S/C28H34N2O3S/c1-18(2)26(28(33)25-24(27(25)32)21-12-8-5-9-13-21)30-22(31)15-14-19(3)17-29-23(34)16-20-10-6-4-7-11-20/h4-13,18-19,26,28,33H,14-17H2,1-3H3,(H,29,34)(H,30,31)/t19-,26-,28-/m0/s1. The van der Waals surface area contributed by atoms with Crippen molar-refractivity contribution in [2.75, 3.05) is 6.54 Å². The van der Waals surface area contributed by atoms with Gasteiger partial charge in [0.1, 0.15) is 6.10 Å². The van der Waals surface area contributed by atoms with E-state index in [1.807, 2.05) is 62.4 Å². The number of hydrogen-bond donors (Lipinski definition) is 3. The van der Waals surface area contributed by atoms with Crippen LogP contribution in [0.1, 0.15) is 50.8 Å². The average molecular weight is 479 g/mol. The molecule has 5 nitrogen and oxygen atoms in total. The number of amides is 1. The third-order valence-corrected chi connectivity index (χ3v) is 6.43. The van der Waals surface area contributed by atoms with Crippen LogP contribution in [0, 0.1) is 11.8 Å². The van der Waals surface area contributed by atoms with E-state index >= 15 is 0 Å². The Kier molecular flexibility index (Phi) is 9.13. The summed E-state index contributed by atoms with van der Waals surface area (Å²) in [5, 5.41) is 17.2. The van der Waals surface area contributed by atoms with Crippen LogP contribution < -0.4 is 16.1 Å². The zero-order valence-corrected chi connectivity index (χ0v) is 20.9. The van der Waals surface area contributed by atoms with Crippen LogP contribution >= 0.6 is 12.2 Å². The van der Waals surface area contributed by atoms with Crippen LogP contribution in [0.3, 0.4) is 0 Å². The van der Waals surface area contributed by atoms with Crippen molar-refractivity contribution in [2.45, 2.75) is 52.2 Å². The maximum absolute atomic E-state index is 12.7. The van der Waals surface area contributed by atoms with E-state index in [9.17, 15) is 14.7 Å². The molecule has 0 heterocycles. The van der Waals surface area contributed by atoms with Crippen molar-refractivity contribution in [2.24, 2.45) is 11.8 Å². The highest BCUT2D eigenvalue weighted by Crippen LogP contribution is 2.33. The number of thiocarbonyl (C=S) groups is 1. The predicted molar refractivity (Wildman–Crippen MR) is 141 cm³/mol. The SMILES string of the molecule is CC(C)[C@H](NC(=O)CC[C@H](C)CNC(=S)Cc1ccccc1)[C@@H](O)c1c(-c2ccccc2)c1=O. The Hall–Kier alpha value is -2.83. The van der Waals surface area contributed by atoms with Crippen molar-refractivity contribution in [3.8, 4) is 11.1 Å². The van der Waals surface area contributed by atoms with Crippen LogP contribution in [0.4, 0.5) is 0 Å². The molecule has 34 heavy (non-hydrogen) atoms. The molecule has 0 spiro atoms. The third-order valence-electron chi connectivity index (χ3n) is 6.14. The molecule has 180 valence electrons. The fourth-order valence-electron chi connectivity index (χ4n) is 4.02. The van der Waals surface area contributed by atoms with Crippen molar-refractivity contribution in [1.82, 2.24) is 10.6 Å². The van der Waals surface area contributed by atoms with E-state index in [2.05, 4.69) is 29.7 Å². The molecule has 0 unspecified atom stereocenters. The normalized spacial score (nSPS) is 14.0. The molecule has 3 N–H and O–H groups in total. The Morgan fingerprint density at radius 3 is 2.24 bits per heavy atom. The topological polar surface area (TPSA) is 78.4 Å². The lowest BCUT2D eigenvalue weighted by Crippen LogP contribution is -2.43. The summed E-state index contributed by atoms with van der Waals surface area (Å²) in [5.41, 5.74) is 2.84. The summed E-state index contributed by atoms with van der Waals surface area (Å²) in [6.07, 6.45) is 0.741. The van der Waals surface area contributed by atoms with Crippen molar-refractivity contribution >= 4 is 23.1 Å². The monoisotopic (exact) mass is 478 g/mol. The van der Waals surface area contributed by atoms with Crippen molar-refractivity contribution in [3.05, 3.63) is 82.0 Å². The molecule has 0 aromatic heterocycles. The number of nitrogens with one attached hydrogen (secondary N) is 2. The lowest BCUT2D eigenvalue weighted by atomic mass is 9.95. The van der Waals surface area contributed by atoms with Crippen LogP contribution in [0.2, 0.25) is 0 Å². The highest BCUT2D eigenvalue weighted by molar-refractivity contribution is 7.80. The fraction of sp³-hybridized carbons (Fsp3) is 0.393. The number of carbonyl (C=O) groups excluding carboxylic acids is 1. The summed E-state index contributed by atoms with van der Waals surface area (Å²) in [6.45, 7) is 6.66. The summed E-state index contributed by atoms with van der Waals surface area (Å²) >= 11 is 5.44. The fourth-order valence-corrected chi connectivity index (χ4v) is 4.27. The maximum Gasteiger partial charge on any atom is 0.220 e. The van der Waals surface area contributed by atoms with Gasteiger partial charge in [0.25, 0.3) is 0 Å². The van der Waals surface area contributed by atoms with E-state index < -0.39 is 12.1 Å². The first-order valence-corrected chi connectivity index (χ1v) is 12.3. The van der Waals surface area contributed by atoms with Gasteiger partial charge in [-0.05, 0) is 29.4 Å². The third kappa shape index (κ3) is 7.08. The minimum atomic E-state index is -1.01. The van der Waals surface area contributed by atoms with E-state index in [0.29, 0.717) is 36.9 Å². The highest BCUT2D eigenvalue weighted by Gasteiger charge is 2.36. The molecule has 3 aromatic rings. The molecule has 0 bridgehead atoms. The molecule has 0 radical (unpaired) electrons. The first-order chi connectivity index (χ1) is 16.3. The molecule has 0 saturated heterocycles. The molecular weight excluding hydrogens is 444 g/mol. The minimum absolute atomic E-state index is 0.0219. The molecule has 6 heteroatoms. The first kappa shape index (κ1) is 25.8. The Morgan fingerprint density at radius 2 is 1.62 bits per heavy atom. The van der Waals surface area contributed by atoms with Crippen LogP contribution in [0.5, 0.6) is 0 Å². The van der Waals surface area contributed by atoms with Gasteiger partial charge in [0.15, 0.2) is 5.43 Å². The molecule has 0 fully saturated rings. The largest absolute Gasteiger partial charge is 0.386 e. The van der Waals surface area contributed by atoms with Crippen LogP contribution in [-0.4, -0.2) is 28.6 Å². The summed E-state index contributed by atoms with van der Waals surface area (Å²) in [7, 11) is 0. The smallest absolute Gasteiger partial charge is 0.220 e. The second-order valence-corrected chi connectivity index (χ2v) is 9.87. The van der Waals surface area contributed by atoms with Crippen LogP contribution in [0.15, 0.2) is 65.5 Å². The molecule has 1 amide bonds. The lowest BCUT2D eigenvalue weighted by Gasteiger charge is -2.26. The van der Waals surface area contributed by atoms with E-state index in [0.717, 1.165) is 10.6 Å². The predicted octanol–water partition coefficient (Wildman–Crippen LogP) is 4.34. The van der Waals surface area contributed by atoms with Gasteiger partial charge in [-0.2, -0.15) is 0 Å². The Bertz CT molecular complexity index is 1090. The number of hydrogen-bond acceptors (Lipinski definition) is 4. The van der Waals surface area contributed by atoms with Gasteiger partial charge in [-0.15, -0.1) is 0 Å². The molecule has 3 rings (SSSR count). The second kappa shape index (κ2) is 12.0. The Balaban J connectivity index is 1.46. The molecule has 0 aliphatic heterocycles.